The molecule has 0 aliphatic rings. The Morgan fingerprint density at radius 2 is 1.85 bits per heavy atom. The fraction of sp³-hybridized carbons (Fsp3) is 0.316. The summed E-state index contributed by atoms with van der Waals surface area (Å²) in [5.74, 6) is -1.23. The number of benzene rings is 2. The van der Waals surface area contributed by atoms with E-state index < -0.39 is 27.8 Å². The van der Waals surface area contributed by atoms with Gasteiger partial charge in [0, 0.05) is 5.69 Å². The lowest BCUT2D eigenvalue weighted by atomic mass is 10.1. The molecule has 1 atom stereocenters. The third-order valence-corrected chi connectivity index (χ3v) is 5.39. The Morgan fingerprint density at radius 3 is 2.42 bits per heavy atom. The zero-order valence-corrected chi connectivity index (χ0v) is 16.1. The summed E-state index contributed by atoms with van der Waals surface area (Å²) < 4.78 is 39.5. The largest absolute Gasteiger partial charge is 0.324 e. The van der Waals surface area contributed by atoms with Crippen LogP contribution >= 0.6 is 0 Å². The van der Waals surface area contributed by atoms with E-state index in [1.165, 1.54) is 25.1 Å². The van der Waals surface area contributed by atoms with E-state index in [-0.39, 0.29) is 5.69 Å². The van der Waals surface area contributed by atoms with Gasteiger partial charge >= 0.3 is 0 Å². The van der Waals surface area contributed by atoms with Crippen LogP contribution in [0.3, 0.4) is 0 Å². The normalized spacial score (nSPS) is 12.5. The van der Waals surface area contributed by atoms with Gasteiger partial charge in [0.1, 0.15) is 11.9 Å². The highest BCUT2D eigenvalue weighted by molar-refractivity contribution is 7.92. The van der Waals surface area contributed by atoms with Crippen LogP contribution < -0.4 is 9.62 Å². The second-order valence-electron chi connectivity index (χ2n) is 6.14. The summed E-state index contributed by atoms with van der Waals surface area (Å²) in [6, 6.07) is 10.0. The molecule has 0 aliphatic heterocycles. The van der Waals surface area contributed by atoms with Crippen LogP contribution in [0, 0.1) is 12.7 Å². The Kier molecular flexibility index (Phi) is 6.02. The van der Waals surface area contributed by atoms with Gasteiger partial charge in [-0.15, -0.1) is 0 Å². The second kappa shape index (κ2) is 7.86. The molecule has 0 saturated heterocycles. The number of carbonyl (C=O) groups excluding carboxylic acids is 1. The lowest BCUT2D eigenvalue weighted by Crippen LogP contribution is -2.46. The van der Waals surface area contributed by atoms with Crippen molar-refractivity contribution in [2.75, 3.05) is 15.9 Å². The average Bonchev–Trinajstić information content (AvgIpc) is 2.57. The molecule has 1 N–H and O–H groups in total. The minimum absolute atomic E-state index is 0.154. The number of nitrogens with one attached hydrogen (secondary N) is 1. The van der Waals surface area contributed by atoms with E-state index in [0.717, 1.165) is 34.2 Å². The van der Waals surface area contributed by atoms with Gasteiger partial charge in [0.2, 0.25) is 15.9 Å². The Bertz CT molecular complexity index is 913. The van der Waals surface area contributed by atoms with Crippen LogP contribution in [0.4, 0.5) is 15.8 Å². The predicted octanol–water partition coefficient (Wildman–Crippen LogP) is 3.49. The smallest absolute Gasteiger partial charge is 0.248 e. The van der Waals surface area contributed by atoms with Gasteiger partial charge in [-0.25, -0.2) is 12.8 Å². The lowest BCUT2D eigenvalue weighted by Gasteiger charge is -2.29. The van der Waals surface area contributed by atoms with Crippen molar-refractivity contribution in [2.45, 2.75) is 33.2 Å². The molecule has 7 heteroatoms. The molecule has 1 amide bonds. The van der Waals surface area contributed by atoms with E-state index >= 15 is 0 Å². The SMILES string of the molecule is CCc1cccc(C)c1NC(=O)[C@H](C)N(c1ccccc1F)S(C)(=O)=O. The number of nitrogens with zero attached hydrogens (tertiary/aromatic N) is 1. The number of hydrogen-bond donors (Lipinski definition) is 1. The maximum atomic E-state index is 14.2. The molecule has 0 radical (unpaired) electrons. The van der Waals surface area contributed by atoms with Crippen LogP contribution in [0.1, 0.15) is 25.0 Å². The van der Waals surface area contributed by atoms with Crippen molar-refractivity contribution >= 4 is 27.3 Å². The number of rotatable bonds is 6. The Hall–Kier alpha value is -2.41. The first-order chi connectivity index (χ1) is 12.2. The summed E-state index contributed by atoms with van der Waals surface area (Å²) in [7, 11) is -3.87. The summed E-state index contributed by atoms with van der Waals surface area (Å²) in [5.41, 5.74) is 2.33. The van der Waals surface area contributed by atoms with E-state index in [4.69, 9.17) is 0 Å². The summed E-state index contributed by atoms with van der Waals surface area (Å²) >= 11 is 0. The highest BCUT2D eigenvalue weighted by Gasteiger charge is 2.31. The maximum absolute atomic E-state index is 14.2. The molecular formula is C19H23FN2O3S. The maximum Gasteiger partial charge on any atom is 0.248 e. The fourth-order valence-electron chi connectivity index (χ4n) is 2.84. The van der Waals surface area contributed by atoms with Crippen molar-refractivity contribution in [3.63, 3.8) is 0 Å². The molecule has 5 nitrogen and oxygen atoms in total. The summed E-state index contributed by atoms with van der Waals surface area (Å²) in [4.78, 5) is 12.8. The number of amides is 1. The van der Waals surface area contributed by atoms with Crippen molar-refractivity contribution in [3.8, 4) is 0 Å². The second-order valence-corrected chi connectivity index (χ2v) is 8.00. The highest BCUT2D eigenvalue weighted by atomic mass is 32.2. The van der Waals surface area contributed by atoms with Crippen LogP contribution in [0.25, 0.3) is 0 Å². The van der Waals surface area contributed by atoms with E-state index in [1.54, 1.807) is 0 Å². The first-order valence-corrected chi connectivity index (χ1v) is 10.1. The van der Waals surface area contributed by atoms with Gasteiger partial charge < -0.3 is 5.32 Å². The zero-order chi connectivity index (χ0) is 19.5. The average molecular weight is 378 g/mol. The van der Waals surface area contributed by atoms with Gasteiger partial charge in [0.15, 0.2) is 0 Å². The van der Waals surface area contributed by atoms with Gasteiger partial charge in [-0.05, 0) is 43.5 Å². The monoisotopic (exact) mass is 378 g/mol. The first kappa shape index (κ1) is 19.9. The van der Waals surface area contributed by atoms with E-state index in [0.29, 0.717) is 5.69 Å². The minimum atomic E-state index is -3.87. The van der Waals surface area contributed by atoms with Crippen molar-refractivity contribution in [3.05, 3.63) is 59.4 Å². The summed E-state index contributed by atoms with van der Waals surface area (Å²) in [5, 5.41) is 2.80. The molecule has 2 aromatic carbocycles. The number of sulfonamides is 1. The summed E-state index contributed by atoms with van der Waals surface area (Å²) in [6.07, 6.45) is 1.67. The van der Waals surface area contributed by atoms with Crippen LogP contribution in [-0.2, 0) is 21.2 Å². The van der Waals surface area contributed by atoms with Crippen LogP contribution in [0.5, 0.6) is 0 Å². The number of carbonyl (C=O) groups is 1. The third kappa shape index (κ3) is 4.22. The molecule has 0 saturated carbocycles. The molecular weight excluding hydrogens is 355 g/mol. The first-order valence-electron chi connectivity index (χ1n) is 8.30. The van der Waals surface area contributed by atoms with Crippen molar-refractivity contribution in [1.29, 1.82) is 0 Å². The quantitative estimate of drug-likeness (QED) is 0.837. The number of aryl methyl sites for hydroxylation is 2. The molecule has 0 fully saturated rings. The van der Waals surface area contributed by atoms with Crippen molar-refractivity contribution in [2.24, 2.45) is 0 Å². The fourth-order valence-corrected chi connectivity index (χ4v) is 4.02. The van der Waals surface area contributed by atoms with Crippen LogP contribution in [-0.4, -0.2) is 26.6 Å². The van der Waals surface area contributed by atoms with Gasteiger partial charge in [-0.3, -0.25) is 9.10 Å². The molecule has 0 spiro atoms. The lowest BCUT2D eigenvalue weighted by molar-refractivity contribution is -0.116. The zero-order valence-electron chi connectivity index (χ0n) is 15.3. The van der Waals surface area contributed by atoms with E-state index in [2.05, 4.69) is 5.32 Å². The number of hydrogen-bond acceptors (Lipinski definition) is 3. The van der Waals surface area contributed by atoms with E-state index in [1.807, 2.05) is 32.0 Å². The van der Waals surface area contributed by atoms with Crippen LogP contribution in [0.2, 0.25) is 0 Å². The van der Waals surface area contributed by atoms with Gasteiger partial charge in [0.25, 0.3) is 0 Å². The van der Waals surface area contributed by atoms with Crippen LogP contribution in [0.15, 0.2) is 42.5 Å². The molecule has 0 aromatic heterocycles. The topological polar surface area (TPSA) is 66.5 Å². The molecule has 0 bridgehead atoms. The Labute approximate surface area is 153 Å². The Morgan fingerprint density at radius 1 is 1.19 bits per heavy atom. The van der Waals surface area contributed by atoms with Crippen molar-refractivity contribution in [1.82, 2.24) is 0 Å². The standard InChI is InChI=1S/C19H23FN2O3S/c1-5-15-10-8-9-13(2)18(15)21-19(23)14(3)22(26(4,24)25)17-12-7-6-11-16(17)20/h6-12,14H,5H2,1-4H3,(H,21,23)/t14-/m0/s1. The molecule has 0 unspecified atom stereocenters. The number of halogens is 1. The van der Waals surface area contributed by atoms with Gasteiger partial charge in [-0.1, -0.05) is 37.3 Å². The number of para-hydroxylation sites is 2. The minimum Gasteiger partial charge on any atom is -0.324 e. The Balaban J connectivity index is 2.40. The molecule has 2 aromatic rings. The molecule has 2 rings (SSSR count). The number of anilines is 2. The van der Waals surface area contributed by atoms with Crippen molar-refractivity contribution < 1.29 is 17.6 Å². The molecule has 0 heterocycles. The highest BCUT2D eigenvalue weighted by Crippen LogP contribution is 2.26. The van der Waals surface area contributed by atoms with Gasteiger partial charge in [0.05, 0.1) is 11.9 Å². The molecule has 0 aliphatic carbocycles. The van der Waals surface area contributed by atoms with E-state index in [9.17, 15) is 17.6 Å². The predicted molar refractivity (Wildman–Crippen MR) is 102 cm³/mol. The molecule has 140 valence electrons. The summed E-state index contributed by atoms with van der Waals surface area (Å²) in [6.45, 7) is 5.27. The third-order valence-electron chi connectivity index (χ3n) is 4.17. The molecule has 26 heavy (non-hydrogen) atoms. The van der Waals surface area contributed by atoms with Gasteiger partial charge in [-0.2, -0.15) is 0 Å².